The van der Waals surface area contributed by atoms with Gasteiger partial charge in [0.05, 0.1) is 5.56 Å². The van der Waals surface area contributed by atoms with Gasteiger partial charge in [-0.1, -0.05) is 0 Å². The molecule has 0 amide bonds. The van der Waals surface area contributed by atoms with Crippen LogP contribution in [0.2, 0.25) is 0 Å². The molecule has 5 nitrogen and oxygen atoms in total. The fraction of sp³-hybridized carbons (Fsp3) is 0.444. The van der Waals surface area contributed by atoms with Gasteiger partial charge in [-0.15, -0.1) is 0 Å². The Kier molecular flexibility index (Phi) is 3.90. The SMILES string of the molecule is CC(C)(C)OC(=O)n1nc(Br)c(C=O)c1Br. The summed E-state index contributed by atoms with van der Waals surface area (Å²) < 4.78 is 6.66. The molecule has 1 rings (SSSR count). The van der Waals surface area contributed by atoms with Crippen LogP contribution in [0, 0.1) is 0 Å². The van der Waals surface area contributed by atoms with E-state index in [1.165, 1.54) is 0 Å². The minimum Gasteiger partial charge on any atom is -0.442 e. The Labute approximate surface area is 109 Å². The number of ether oxygens (including phenoxy) is 1. The van der Waals surface area contributed by atoms with Crippen molar-refractivity contribution in [2.45, 2.75) is 26.4 Å². The molecule has 0 aliphatic rings. The lowest BCUT2D eigenvalue weighted by Crippen LogP contribution is -2.27. The van der Waals surface area contributed by atoms with Crippen LogP contribution in [0.25, 0.3) is 0 Å². The fourth-order valence-corrected chi connectivity index (χ4v) is 2.12. The zero-order valence-electron chi connectivity index (χ0n) is 8.95. The molecule has 0 bridgehead atoms. The smallest absolute Gasteiger partial charge is 0.436 e. The average Bonchev–Trinajstić information content (AvgIpc) is 2.38. The summed E-state index contributed by atoms with van der Waals surface area (Å²) in [5.74, 6) is 0. The molecule has 0 N–H and O–H groups in total. The van der Waals surface area contributed by atoms with Gasteiger partial charge in [-0.05, 0) is 52.6 Å². The van der Waals surface area contributed by atoms with Crippen molar-refractivity contribution < 1.29 is 14.3 Å². The summed E-state index contributed by atoms with van der Waals surface area (Å²) in [7, 11) is 0. The van der Waals surface area contributed by atoms with Crippen LogP contribution in [0.3, 0.4) is 0 Å². The Hall–Kier alpha value is -0.690. The molecule has 0 fully saturated rings. The lowest BCUT2D eigenvalue weighted by Gasteiger charge is -2.19. The number of aromatic nitrogens is 2. The third-order valence-corrected chi connectivity index (χ3v) is 2.85. The van der Waals surface area contributed by atoms with Crippen LogP contribution in [0.4, 0.5) is 4.79 Å². The minimum atomic E-state index is -0.645. The van der Waals surface area contributed by atoms with E-state index in [0.29, 0.717) is 10.9 Å². The predicted molar refractivity (Wildman–Crippen MR) is 64.6 cm³/mol. The van der Waals surface area contributed by atoms with Crippen LogP contribution in [-0.2, 0) is 4.74 Å². The van der Waals surface area contributed by atoms with E-state index in [-0.39, 0.29) is 10.2 Å². The maximum Gasteiger partial charge on any atom is 0.436 e. The standard InChI is InChI=1S/C9H10Br2N2O3/c1-9(2,3)16-8(15)13-7(11)5(4-14)6(10)12-13/h4H,1-3H3. The van der Waals surface area contributed by atoms with E-state index in [2.05, 4.69) is 37.0 Å². The number of hydrogen-bond donors (Lipinski definition) is 0. The van der Waals surface area contributed by atoms with E-state index in [1.807, 2.05) is 0 Å². The van der Waals surface area contributed by atoms with Crippen molar-refractivity contribution in [2.75, 3.05) is 0 Å². The molecule has 88 valence electrons. The summed E-state index contributed by atoms with van der Waals surface area (Å²) >= 11 is 6.18. The number of carbonyl (C=O) groups excluding carboxylic acids is 2. The average molecular weight is 354 g/mol. The molecule has 16 heavy (non-hydrogen) atoms. The van der Waals surface area contributed by atoms with Crippen LogP contribution < -0.4 is 0 Å². The first kappa shape index (κ1) is 13.4. The Morgan fingerprint density at radius 3 is 2.38 bits per heavy atom. The van der Waals surface area contributed by atoms with Crippen LogP contribution in [-0.4, -0.2) is 27.8 Å². The fourth-order valence-electron chi connectivity index (χ4n) is 0.908. The van der Waals surface area contributed by atoms with Crippen molar-refractivity contribution in [3.63, 3.8) is 0 Å². The third-order valence-electron chi connectivity index (χ3n) is 1.50. The molecule has 1 aromatic heterocycles. The van der Waals surface area contributed by atoms with Gasteiger partial charge in [0.1, 0.15) is 14.8 Å². The van der Waals surface area contributed by atoms with E-state index in [1.54, 1.807) is 20.8 Å². The van der Waals surface area contributed by atoms with Crippen molar-refractivity contribution in [3.8, 4) is 0 Å². The van der Waals surface area contributed by atoms with Gasteiger partial charge in [-0.25, -0.2) is 4.79 Å². The summed E-state index contributed by atoms with van der Waals surface area (Å²) in [5.41, 5.74) is -0.345. The van der Waals surface area contributed by atoms with Gasteiger partial charge >= 0.3 is 6.09 Å². The first-order valence-corrected chi connectivity index (χ1v) is 5.97. The van der Waals surface area contributed by atoms with Crippen LogP contribution in [0.15, 0.2) is 9.21 Å². The zero-order chi connectivity index (χ0) is 12.5. The van der Waals surface area contributed by atoms with E-state index in [4.69, 9.17) is 4.74 Å². The Bertz CT molecular complexity index is 435. The van der Waals surface area contributed by atoms with E-state index in [0.717, 1.165) is 4.68 Å². The third kappa shape index (κ3) is 2.91. The Balaban J connectivity index is 3.06. The topological polar surface area (TPSA) is 61.2 Å². The lowest BCUT2D eigenvalue weighted by molar-refractivity contribution is 0.0510. The second-order valence-corrected chi connectivity index (χ2v) is 5.51. The largest absolute Gasteiger partial charge is 0.442 e. The quantitative estimate of drug-likeness (QED) is 0.728. The molecule has 0 aliphatic carbocycles. The molecular weight excluding hydrogens is 344 g/mol. The molecule has 0 spiro atoms. The second-order valence-electron chi connectivity index (χ2n) is 4.01. The summed E-state index contributed by atoms with van der Waals surface area (Å²) in [4.78, 5) is 22.4. The van der Waals surface area contributed by atoms with Crippen LogP contribution >= 0.6 is 31.9 Å². The molecule has 0 unspecified atom stereocenters. The molecule has 0 saturated carbocycles. The summed E-state index contributed by atoms with van der Waals surface area (Å²) in [6, 6.07) is 0. The first-order chi connectivity index (χ1) is 7.26. The highest BCUT2D eigenvalue weighted by atomic mass is 79.9. The van der Waals surface area contributed by atoms with Crippen LogP contribution in [0.5, 0.6) is 0 Å². The number of aldehydes is 1. The van der Waals surface area contributed by atoms with E-state index >= 15 is 0 Å². The minimum absolute atomic E-state index is 0.267. The molecule has 0 saturated heterocycles. The summed E-state index contributed by atoms with van der Waals surface area (Å²) in [5, 5.41) is 3.85. The summed E-state index contributed by atoms with van der Waals surface area (Å²) in [6.45, 7) is 5.24. The van der Waals surface area contributed by atoms with Gasteiger partial charge in [-0.3, -0.25) is 4.79 Å². The van der Waals surface area contributed by atoms with Gasteiger partial charge < -0.3 is 4.74 Å². The number of nitrogens with zero attached hydrogens (tertiary/aromatic N) is 2. The van der Waals surface area contributed by atoms with Gasteiger partial charge in [0, 0.05) is 0 Å². The normalized spacial score (nSPS) is 11.3. The van der Waals surface area contributed by atoms with E-state index in [9.17, 15) is 9.59 Å². The van der Waals surface area contributed by atoms with Crippen LogP contribution in [0.1, 0.15) is 31.1 Å². The molecule has 0 aromatic carbocycles. The number of hydrogen-bond acceptors (Lipinski definition) is 4. The summed E-state index contributed by atoms with van der Waals surface area (Å²) in [6.07, 6.45) is -0.0460. The lowest BCUT2D eigenvalue weighted by atomic mass is 10.2. The van der Waals surface area contributed by atoms with Crippen molar-refractivity contribution in [1.29, 1.82) is 0 Å². The highest BCUT2D eigenvalue weighted by Gasteiger charge is 2.23. The second kappa shape index (κ2) is 4.67. The number of rotatable bonds is 1. The highest BCUT2D eigenvalue weighted by molar-refractivity contribution is 9.11. The molecule has 7 heteroatoms. The van der Waals surface area contributed by atoms with Gasteiger partial charge in [0.15, 0.2) is 6.29 Å². The molecule has 1 heterocycles. The maximum absolute atomic E-state index is 11.7. The molecule has 1 aromatic rings. The Morgan fingerprint density at radius 1 is 1.44 bits per heavy atom. The van der Waals surface area contributed by atoms with Gasteiger partial charge in [0.25, 0.3) is 0 Å². The predicted octanol–water partition coefficient (Wildman–Crippen LogP) is 3.00. The van der Waals surface area contributed by atoms with Crippen molar-refractivity contribution >= 4 is 44.2 Å². The maximum atomic E-state index is 11.7. The zero-order valence-corrected chi connectivity index (χ0v) is 12.1. The monoisotopic (exact) mass is 352 g/mol. The highest BCUT2D eigenvalue weighted by Crippen LogP contribution is 2.24. The van der Waals surface area contributed by atoms with Crippen molar-refractivity contribution in [2.24, 2.45) is 0 Å². The van der Waals surface area contributed by atoms with Gasteiger partial charge in [0.2, 0.25) is 0 Å². The van der Waals surface area contributed by atoms with Crippen molar-refractivity contribution in [3.05, 3.63) is 14.8 Å². The number of halogens is 2. The molecule has 0 aliphatic heterocycles. The molecule has 0 radical (unpaired) electrons. The Morgan fingerprint density at radius 2 is 2.00 bits per heavy atom. The first-order valence-electron chi connectivity index (χ1n) is 4.39. The molecule has 0 atom stereocenters. The number of carbonyl (C=O) groups is 2. The van der Waals surface area contributed by atoms with E-state index < -0.39 is 11.7 Å². The molecular formula is C9H10Br2N2O3. The van der Waals surface area contributed by atoms with Gasteiger partial charge in [-0.2, -0.15) is 9.78 Å². The van der Waals surface area contributed by atoms with Crippen molar-refractivity contribution in [1.82, 2.24) is 9.78 Å².